The van der Waals surface area contributed by atoms with Gasteiger partial charge in [-0.05, 0) is 118 Å². The Labute approximate surface area is 245 Å². The number of anilines is 1. The van der Waals surface area contributed by atoms with Crippen molar-refractivity contribution in [2.75, 3.05) is 17.1 Å². The quantitative estimate of drug-likeness (QED) is 0.421. The lowest BCUT2D eigenvalue weighted by molar-refractivity contribution is -0.139. The van der Waals surface area contributed by atoms with Crippen LogP contribution < -0.4 is 9.62 Å². The van der Waals surface area contributed by atoms with Crippen molar-refractivity contribution in [3.63, 3.8) is 0 Å². The van der Waals surface area contributed by atoms with E-state index >= 15 is 0 Å². The summed E-state index contributed by atoms with van der Waals surface area (Å²) in [6.45, 7) is 7.23. The first-order valence-corrected chi connectivity index (χ1v) is 16.9. The summed E-state index contributed by atoms with van der Waals surface area (Å²) in [6, 6.07) is 14.8. The number of benzene rings is 2. The van der Waals surface area contributed by atoms with Gasteiger partial charge in [0.25, 0.3) is 0 Å². The summed E-state index contributed by atoms with van der Waals surface area (Å²) in [5, 5.41) is 2.89. The molecule has 222 valence electrons. The highest BCUT2D eigenvalue weighted by Gasteiger charge is 2.51. The van der Waals surface area contributed by atoms with E-state index in [0.717, 1.165) is 35.1 Å². The van der Waals surface area contributed by atoms with Crippen LogP contribution in [0.5, 0.6) is 0 Å². The van der Waals surface area contributed by atoms with E-state index in [2.05, 4.69) is 17.4 Å². The van der Waals surface area contributed by atoms with Crippen molar-refractivity contribution in [1.82, 2.24) is 10.2 Å². The van der Waals surface area contributed by atoms with Crippen molar-refractivity contribution in [2.45, 2.75) is 90.3 Å². The molecule has 2 amide bonds. The van der Waals surface area contributed by atoms with Gasteiger partial charge in [-0.25, -0.2) is 8.42 Å². The largest absolute Gasteiger partial charge is 0.352 e. The van der Waals surface area contributed by atoms with E-state index in [4.69, 9.17) is 0 Å². The van der Waals surface area contributed by atoms with Gasteiger partial charge in [-0.1, -0.05) is 36.4 Å². The van der Waals surface area contributed by atoms with Crippen molar-refractivity contribution in [2.24, 2.45) is 17.8 Å². The number of nitrogens with zero attached hydrogens (tertiary/aromatic N) is 2. The lowest BCUT2D eigenvalue weighted by atomic mass is 9.48. The Bertz CT molecular complexity index is 1350. The van der Waals surface area contributed by atoms with E-state index in [-0.39, 0.29) is 30.5 Å². The summed E-state index contributed by atoms with van der Waals surface area (Å²) >= 11 is 0. The molecule has 7 nitrogen and oxygen atoms in total. The van der Waals surface area contributed by atoms with Gasteiger partial charge in [0.05, 0.1) is 11.9 Å². The van der Waals surface area contributed by atoms with Gasteiger partial charge in [-0.3, -0.25) is 13.9 Å². The Morgan fingerprint density at radius 3 is 2.00 bits per heavy atom. The molecule has 0 aromatic heterocycles. The Morgan fingerprint density at radius 1 is 0.927 bits per heavy atom. The molecule has 8 heteroatoms. The van der Waals surface area contributed by atoms with Crippen molar-refractivity contribution < 1.29 is 18.0 Å². The molecule has 41 heavy (non-hydrogen) atoms. The van der Waals surface area contributed by atoms with Crippen LogP contribution in [-0.2, 0) is 31.6 Å². The van der Waals surface area contributed by atoms with E-state index in [9.17, 15) is 18.0 Å². The van der Waals surface area contributed by atoms with E-state index in [1.165, 1.54) is 53.3 Å². The first-order valence-electron chi connectivity index (χ1n) is 15.1. The van der Waals surface area contributed by atoms with Crippen LogP contribution in [0, 0.1) is 24.7 Å². The molecule has 1 atom stereocenters. The fourth-order valence-corrected chi connectivity index (χ4v) is 8.87. The van der Waals surface area contributed by atoms with Gasteiger partial charge < -0.3 is 10.2 Å². The molecule has 4 aliphatic rings. The third-order valence-electron chi connectivity index (χ3n) is 9.69. The molecule has 0 heterocycles. The Morgan fingerprint density at radius 2 is 1.49 bits per heavy atom. The highest BCUT2D eigenvalue weighted by molar-refractivity contribution is 7.92. The molecule has 4 saturated carbocycles. The van der Waals surface area contributed by atoms with Gasteiger partial charge in [0.1, 0.15) is 12.6 Å². The monoisotopic (exact) mass is 579 g/mol. The maximum Gasteiger partial charge on any atom is 0.244 e. The summed E-state index contributed by atoms with van der Waals surface area (Å²) < 4.78 is 27.2. The van der Waals surface area contributed by atoms with Crippen LogP contribution in [0.4, 0.5) is 5.69 Å². The zero-order valence-electron chi connectivity index (χ0n) is 25.1. The lowest BCUT2D eigenvalue weighted by Crippen LogP contribution is -2.52. The number of hydrogen-bond donors (Lipinski definition) is 1. The highest BCUT2D eigenvalue weighted by atomic mass is 32.2. The molecule has 0 radical (unpaired) electrons. The lowest BCUT2D eigenvalue weighted by Gasteiger charge is -2.57. The summed E-state index contributed by atoms with van der Waals surface area (Å²) in [7, 11) is -3.77. The minimum absolute atomic E-state index is 0.0830. The number of nitrogens with one attached hydrogen (secondary N) is 1. The summed E-state index contributed by atoms with van der Waals surface area (Å²) in [5.41, 5.74) is 3.91. The molecule has 4 fully saturated rings. The number of sulfonamides is 1. The SMILES string of the molecule is Cc1ccccc1CN(C(=O)CN(c1ccc(C23CC4CC(CC(C4)C2)C3)cc1)S(C)(=O)=O)C(C)C(=O)NC(C)C. The predicted molar refractivity (Wildman–Crippen MR) is 163 cm³/mol. The van der Waals surface area contributed by atoms with Crippen molar-refractivity contribution >= 4 is 27.5 Å². The average molecular weight is 580 g/mol. The molecule has 6 rings (SSSR count). The maximum atomic E-state index is 13.9. The van der Waals surface area contributed by atoms with Gasteiger partial charge in [0.15, 0.2) is 0 Å². The van der Waals surface area contributed by atoms with E-state index in [1.54, 1.807) is 6.92 Å². The molecule has 4 aliphatic carbocycles. The second-order valence-corrected chi connectivity index (χ2v) is 15.2. The van der Waals surface area contributed by atoms with Gasteiger partial charge >= 0.3 is 0 Å². The van der Waals surface area contributed by atoms with Crippen LogP contribution in [0.1, 0.15) is 76.0 Å². The Hall–Kier alpha value is -2.87. The van der Waals surface area contributed by atoms with E-state index in [1.807, 2.05) is 57.2 Å². The fourth-order valence-electron chi connectivity index (χ4n) is 8.02. The molecule has 1 unspecified atom stereocenters. The van der Waals surface area contributed by atoms with Crippen molar-refractivity contribution in [3.8, 4) is 0 Å². The number of carbonyl (C=O) groups excluding carboxylic acids is 2. The standard InChI is InChI=1S/C33H45N3O4S/c1-22(2)34-32(38)24(4)35(20-28-9-7-6-8-23(28)3)31(37)21-36(41(5,39)40)30-12-10-29(11-13-30)33-17-25-14-26(18-33)16-27(15-25)19-33/h6-13,22,24-27H,14-21H2,1-5H3,(H,34,38). The first kappa shape index (κ1) is 29.6. The smallest absolute Gasteiger partial charge is 0.244 e. The second-order valence-electron chi connectivity index (χ2n) is 13.3. The summed E-state index contributed by atoms with van der Waals surface area (Å²) in [4.78, 5) is 28.3. The topological polar surface area (TPSA) is 86.8 Å². The Balaban J connectivity index is 1.39. The van der Waals surface area contributed by atoms with Gasteiger partial charge in [0, 0.05) is 12.6 Å². The van der Waals surface area contributed by atoms with Crippen LogP contribution >= 0.6 is 0 Å². The van der Waals surface area contributed by atoms with Crippen LogP contribution in [0.3, 0.4) is 0 Å². The van der Waals surface area contributed by atoms with Gasteiger partial charge in [0.2, 0.25) is 21.8 Å². The predicted octanol–water partition coefficient (Wildman–Crippen LogP) is 5.17. The molecular weight excluding hydrogens is 534 g/mol. The van der Waals surface area contributed by atoms with E-state index in [0.29, 0.717) is 5.69 Å². The fraction of sp³-hybridized carbons (Fsp3) is 0.576. The van der Waals surface area contributed by atoms with Crippen molar-refractivity contribution in [3.05, 3.63) is 65.2 Å². The van der Waals surface area contributed by atoms with Gasteiger partial charge in [-0.15, -0.1) is 0 Å². The molecule has 2 aromatic carbocycles. The molecule has 0 spiro atoms. The van der Waals surface area contributed by atoms with Crippen molar-refractivity contribution in [1.29, 1.82) is 0 Å². The average Bonchev–Trinajstić information content (AvgIpc) is 2.89. The third kappa shape index (κ3) is 6.32. The minimum atomic E-state index is -3.77. The first-order chi connectivity index (χ1) is 19.3. The molecule has 4 bridgehead atoms. The number of amides is 2. The normalized spacial score (nSPS) is 25.7. The molecule has 0 aliphatic heterocycles. The minimum Gasteiger partial charge on any atom is -0.352 e. The number of hydrogen-bond acceptors (Lipinski definition) is 4. The zero-order chi connectivity index (χ0) is 29.5. The number of aryl methyl sites for hydroxylation is 1. The summed E-state index contributed by atoms with van der Waals surface area (Å²) in [5.74, 6) is 1.77. The highest BCUT2D eigenvalue weighted by Crippen LogP contribution is 2.60. The number of carbonyl (C=O) groups is 2. The van der Waals surface area contributed by atoms with Crippen LogP contribution in [0.2, 0.25) is 0 Å². The molecule has 1 N–H and O–H groups in total. The Kier molecular flexibility index (Phi) is 8.25. The van der Waals surface area contributed by atoms with Gasteiger partial charge in [-0.2, -0.15) is 0 Å². The zero-order valence-corrected chi connectivity index (χ0v) is 25.9. The molecule has 0 saturated heterocycles. The molecular formula is C33H45N3O4S. The maximum absolute atomic E-state index is 13.9. The molecule has 2 aromatic rings. The van der Waals surface area contributed by atoms with Crippen LogP contribution in [0.25, 0.3) is 0 Å². The van der Waals surface area contributed by atoms with Crippen LogP contribution in [-0.4, -0.2) is 50.0 Å². The summed E-state index contributed by atoms with van der Waals surface area (Å²) in [6.07, 6.45) is 8.94. The van der Waals surface area contributed by atoms with Crippen LogP contribution in [0.15, 0.2) is 48.5 Å². The number of rotatable bonds is 10. The van der Waals surface area contributed by atoms with E-state index < -0.39 is 22.0 Å². The third-order valence-corrected chi connectivity index (χ3v) is 10.8. The second kappa shape index (κ2) is 11.4.